The van der Waals surface area contributed by atoms with Gasteiger partial charge in [-0.05, 0) is 0 Å². The molecule has 2 rings (SSSR count). The van der Waals surface area contributed by atoms with E-state index in [0.717, 1.165) is 0 Å². The minimum atomic E-state index is -2.97. The molecule has 2 aromatic carbocycles. The first-order valence-electron chi connectivity index (χ1n) is 5.80. The van der Waals surface area contributed by atoms with E-state index < -0.39 is 65.4 Å². The fourth-order valence-corrected chi connectivity index (χ4v) is 1.54. The molecule has 0 saturated heterocycles. The Hall–Kier alpha value is -2.50. The fourth-order valence-electron chi connectivity index (χ4n) is 1.54. The molecule has 0 aliphatic rings. The van der Waals surface area contributed by atoms with Crippen LogP contribution in [0.15, 0.2) is 12.1 Å². The maximum atomic E-state index is 13.3. The normalized spacial score (nSPS) is 10.7. The predicted octanol–water partition coefficient (Wildman–Crippen LogP) is 3.23. The van der Waals surface area contributed by atoms with E-state index in [-0.39, 0.29) is 12.1 Å². The molecule has 0 amide bonds. The first-order chi connectivity index (χ1) is 11.1. The average molecular weight is 358 g/mol. The highest BCUT2D eigenvalue weighted by Crippen LogP contribution is 2.29. The molecular weight excluding hydrogens is 355 g/mol. The lowest BCUT2D eigenvalue weighted by Gasteiger charge is -2.14. The molecule has 2 aromatic rings. The van der Waals surface area contributed by atoms with E-state index in [1.165, 1.54) is 0 Å². The molecule has 0 fully saturated rings. The molecule has 0 bridgehead atoms. The summed E-state index contributed by atoms with van der Waals surface area (Å²) in [5.74, 6) is -19.7. The molecule has 12 heteroatoms. The zero-order valence-corrected chi connectivity index (χ0v) is 11.0. The van der Waals surface area contributed by atoms with Crippen molar-refractivity contribution in [2.75, 3.05) is 0 Å². The molecule has 0 atom stereocenters. The third-order valence-electron chi connectivity index (χ3n) is 2.58. The van der Waals surface area contributed by atoms with Crippen LogP contribution in [0.2, 0.25) is 0 Å². The van der Waals surface area contributed by atoms with E-state index in [1.807, 2.05) is 0 Å². The van der Waals surface area contributed by atoms with Gasteiger partial charge in [-0.1, -0.05) is 0 Å². The van der Waals surface area contributed by atoms with Gasteiger partial charge >= 0.3 is 7.32 Å². The van der Waals surface area contributed by atoms with Gasteiger partial charge in [0.15, 0.2) is 34.8 Å². The van der Waals surface area contributed by atoms with Crippen molar-refractivity contribution >= 4 is 7.32 Å². The highest BCUT2D eigenvalue weighted by Gasteiger charge is 2.32. The molecule has 0 aliphatic carbocycles. The standard InChI is InChI=1S/C12H3BF8O3/c14-3-1-4(15)8(19)11(7(3)18)23-13(22)24-12-9(20)5(16)2-6(17)10(12)21/h1-2,22H. The maximum Gasteiger partial charge on any atom is 0.785 e. The maximum absolute atomic E-state index is 13.3. The molecule has 0 unspecified atom stereocenters. The summed E-state index contributed by atoms with van der Waals surface area (Å²) in [5.41, 5.74) is 0. The molecule has 24 heavy (non-hydrogen) atoms. The van der Waals surface area contributed by atoms with E-state index in [9.17, 15) is 40.1 Å². The quantitative estimate of drug-likeness (QED) is 0.518. The predicted molar refractivity (Wildman–Crippen MR) is 61.8 cm³/mol. The van der Waals surface area contributed by atoms with Gasteiger partial charge in [0.25, 0.3) is 0 Å². The molecule has 1 N–H and O–H groups in total. The lowest BCUT2D eigenvalue weighted by Crippen LogP contribution is -2.32. The Balaban J connectivity index is 2.32. The minimum absolute atomic E-state index is 0.175. The van der Waals surface area contributed by atoms with Crippen molar-refractivity contribution in [2.45, 2.75) is 0 Å². The Kier molecular flexibility index (Phi) is 4.87. The van der Waals surface area contributed by atoms with Gasteiger partial charge in [-0.25, -0.2) is 17.6 Å². The van der Waals surface area contributed by atoms with E-state index in [4.69, 9.17) is 0 Å². The fraction of sp³-hybridized carbons (Fsp3) is 0. The SMILES string of the molecule is OB(Oc1c(F)c(F)cc(F)c1F)Oc1c(F)c(F)cc(F)c1F. The monoisotopic (exact) mass is 358 g/mol. The summed E-state index contributed by atoms with van der Waals surface area (Å²) in [5, 5.41) is 9.22. The summed E-state index contributed by atoms with van der Waals surface area (Å²) < 4.78 is 113. The molecule has 3 nitrogen and oxygen atoms in total. The van der Waals surface area contributed by atoms with Gasteiger partial charge in [0.1, 0.15) is 0 Å². The van der Waals surface area contributed by atoms with Crippen LogP contribution < -0.4 is 9.31 Å². The van der Waals surface area contributed by atoms with E-state index in [1.54, 1.807) is 0 Å². The summed E-state index contributed by atoms with van der Waals surface area (Å²) >= 11 is 0. The number of rotatable bonds is 4. The van der Waals surface area contributed by atoms with Crippen molar-refractivity contribution in [3.63, 3.8) is 0 Å². The third-order valence-corrected chi connectivity index (χ3v) is 2.58. The van der Waals surface area contributed by atoms with Gasteiger partial charge in [-0.2, -0.15) is 17.6 Å². The molecule has 0 radical (unpaired) electrons. The van der Waals surface area contributed by atoms with Crippen LogP contribution in [0.5, 0.6) is 11.5 Å². The van der Waals surface area contributed by atoms with E-state index in [2.05, 4.69) is 9.31 Å². The summed E-state index contributed by atoms with van der Waals surface area (Å²) in [6.07, 6.45) is 0. The Labute approximate surface area is 128 Å². The van der Waals surface area contributed by atoms with Crippen molar-refractivity contribution in [3.05, 3.63) is 58.7 Å². The van der Waals surface area contributed by atoms with Gasteiger partial charge in [-0.3, -0.25) is 0 Å². The summed E-state index contributed by atoms with van der Waals surface area (Å²) in [7, 11) is -2.97. The van der Waals surface area contributed by atoms with Gasteiger partial charge in [0.2, 0.25) is 23.3 Å². The molecule has 0 heterocycles. The number of halogens is 8. The van der Waals surface area contributed by atoms with Crippen molar-refractivity contribution in [1.82, 2.24) is 0 Å². The Morgan fingerprint density at radius 2 is 0.833 bits per heavy atom. The number of hydrogen-bond donors (Lipinski definition) is 1. The van der Waals surface area contributed by atoms with Crippen LogP contribution in [0, 0.1) is 46.5 Å². The van der Waals surface area contributed by atoms with Gasteiger partial charge in [0.05, 0.1) is 0 Å². The second-order valence-electron chi connectivity index (χ2n) is 4.14. The molecule has 0 spiro atoms. The van der Waals surface area contributed by atoms with E-state index in [0.29, 0.717) is 0 Å². The minimum Gasteiger partial charge on any atom is -0.496 e. The summed E-state index contributed by atoms with van der Waals surface area (Å²) in [6.45, 7) is 0. The van der Waals surface area contributed by atoms with Crippen molar-refractivity contribution < 1.29 is 49.5 Å². The largest absolute Gasteiger partial charge is 0.785 e. The van der Waals surface area contributed by atoms with Crippen LogP contribution in [0.1, 0.15) is 0 Å². The second kappa shape index (κ2) is 6.55. The Morgan fingerprint density at radius 3 is 1.08 bits per heavy atom. The number of hydrogen-bond acceptors (Lipinski definition) is 3. The van der Waals surface area contributed by atoms with Crippen LogP contribution in [0.4, 0.5) is 35.1 Å². The highest BCUT2D eigenvalue weighted by atomic mass is 19.2. The van der Waals surface area contributed by atoms with Crippen LogP contribution in [0.25, 0.3) is 0 Å². The average Bonchev–Trinajstić information content (AvgIpc) is 2.52. The summed E-state index contributed by atoms with van der Waals surface area (Å²) in [4.78, 5) is 0. The molecular formula is C12H3BF8O3. The van der Waals surface area contributed by atoms with Crippen molar-refractivity contribution in [3.8, 4) is 11.5 Å². The third kappa shape index (κ3) is 3.23. The topological polar surface area (TPSA) is 38.7 Å². The zero-order valence-electron chi connectivity index (χ0n) is 11.0. The zero-order chi connectivity index (χ0) is 18.2. The lowest BCUT2D eigenvalue weighted by molar-refractivity contribution is 0.261. The van der Waals surface area contributed by atoms with Gasteiger partial charge in [0, 0.05) is 12.1 Å². The van der Waals surface area contributed by atoms with Crippen LogP contribution in [-0.4, -0.2) is 12.3 Å². The Morgan fingerprint density at radius 1 is 0.583 bits per heavy atom. The smallest absolute Gasteiger partial charge is 0.496 e. The Bertz CT molecular complexity index is 683. The van der Waals surface area contributed by atoms with Gasteiger partial charge < -0.3 is 14.3 Å². The first kappa shape index (κ1) is 17.9. The first-order valence-corrected chi connectivity index (χ1v) is 5.80. The highest BCUT2D eigenvalue weighted by molar-refractivity contribution is 6.36. The van der Waals surface area contributed by atoms with Crippen molar-refractivity contribution in [2.24, 2.45) is 0 Å². The molecule has 0 saturated carbocycles. The molecule has 0 aromatic heterocycles. The van der Waals surface area contributed by atoms with Crippen molar-refractivity contribution in [1.29, 1.82) is 0 Å². The van der Waals surface area contributed by atoms with E-state index >= 15 is 0 Å². The van der Waals surface area contributed by atoms with Crippen LogP contribution >= 0.6 is 0 Å². The molecule has 128 valence electrons. The summed E-state index contributed by atoms with van der Waals surface area (Å²) in [6, 6.07) is -0.349. The lowest BCUT2D eigenvalue weighted by atomic mass is 10.2. The van der Waals surface area contributed by atoms with Gasteiger partial charge in [-0.15, -0.1) is 0 Å². The van der Waals surface area contributed by atoms with Crippen LogP contribution in [0.3, 0.4) is 0 Å². The number of benzene rings is 2. The molecule has 0 aliphatic heterocycles. The second-order valence-corrected chi connectivity index (χ2v) is 4.14. The van der Waals surface area contributed by atoms with Crippen LogP contribution in [-0.2, 0) is 0 Å².